The molecule has 0 spiro atoms. The smallest absolute Gasteiger partial charge is 0.325 e. The average molecular weight is 452 g/mol. The first-order valence-electron chi connectivity index (χ1n) is 10.3. The molecule has 2 aromatic carbocycles. The standard InChI is InChI=1S/C23H22N4O4S/c1-4-18(28)26-17-9-7-6-8-16(17)20-21(30)24-23(32-3)25-27(20)22(26)14-10-12-15(13-11-14)31-19(29)5-2/h6-13,22H,4-5H2,1-3H3/p+1/t22-/m1/s1. The van der Waals surface area contributed by atoms with Crippen LogP contribution in [0, 0.1) is 0 Å². The summed E-state index contributed by atoms with van der Waals surface area (Å²) >= 11 is 1.31. The van der Waals surface area contributed by atoms with Crippen LogP contribution in [0.4, 0.5) is 5.69 Å². The molecule has 4 rings (SSSR count). The van der Waals surface area contributed by atoms with Crippen molar-refractivity contribution in [3.05, 3.63) is 64.4 Å². The molecule has 2 heterocycles. The van der Waals surface area contributed by atoms with Crippen molar-refractivity contribution < 1.29 is 19.0 Å². The largest absolute Gasteiger partial charge is 0.427 e. The maximum absolute atomic E-state index is 13.1. The first-order valence-corrected chi connectivity index (χ1v) is 11.5. The van der Waals surface area contributed by atoms with Gasteiger partial charge in [0.25, 0.3) is 6.17 Å². The average Bonchev–Trinajstić information content (AvgIpc) is 2.82. The van der Waals surface area contributed by atoms with Crippen molar-refractivity contribution in [3.8, 4) is 17.0 Å². The van der Waals surface area contributed by atoms with E-state index < -0.39 is 6.17 Å². The van der Waals surface area contributed by atoms with E-state index in [0.29, 0.717) is 27.9 Å². The molecule has 0 saturated heterocycles. The number of aromatic amines is 1. The highest BCUT2D eigenvalue weighted by atomic mass is 32.2. The van der Waals surface area contributed by atoms with Gasteiger partial charge < -0.3 is 4.74 Å². The topological polar surface area (TPSA) is 96.2 Å². The lowest BCUT2D eigenvalue weighted by Gasteiger charge is -2.32. The van der Waals surface area contributed by atoms with Gasteiger partial charge >= 0.3 is 17.2 Å². The molecule has 1 N–H and O–H groups in total. The lowest BCUT2D eigenvalue weighted by atomic mass is 10.0. The van der Waals surface area contributed by atoms with E-state index in [-0.39, 0.29) is 30.3 Å². The van der Waals surface area contributed by atoms with Crippen LogP contribution in [0.5, 0.6) is 5.75 Å². The summed E-state index contributed by atoms with van der Waals surface area (Å²) in [6.45, 7) is 3.53. The Bertz CT molecular complexity index is 1240. The number of anilines is 1. The Kier molecular flexibility index (Phi) is 6.09. The molecule has 1 aromatic heterocycles. The Balaban J connectivity index is 1.94. The quantitative estimate of drug-likeness (QED) is 0.277. The second-order valence-corrected chi connectivity index (χ2v) is 7.96. The molecular weight excluding hydrogens is 428 g/mol. The van der Waals surface area contributed by atoms with Crippen LogP contribution in [-0.4, -0.2) is 28.2 Å². The summed E-state index contributed by atoms with van der Waals surface area (Å²) in [6.07, 6.45) is 1.71. The van der Waals surface area contributed by atoms with E-state index in [1.807, 2.05) is 30.5 Å². The fourth-order valence-corrected chi connectivity index (χ4v) is 4.08. The van der Waals surface area contributed by atoms with Crippen molar-refractivity contribution in [2.75, 3.05) is 11.2 Å². The number of H-pyrrole nitrogens is 1. The normalized spacial score (nSPS) is 14.5. The van der Waals surface area contributed by atoms with E-state index in [1.54, 1.807) is 47.7 Å². The Labute approximate surface area is 189 Å². The fourth-order valence-electron chi connectivity index (χ4n) is 3.72. The zero-order chi connectivity index (χ0) is 22.8. The molecule has 8 nitrogen and oxygen atoms in total. The number of thioether (sulfide) groups is 1. The molecule has 1 aliphatic rings. The van der Waals surface area contributed by atoms with Crippen molar-refractivity contribution >= 4 is 29.3 Å². The van der Waals surface area contributed by atoms with Crippen LogP contribution >= 0.6 is 11.8 Å². The molecule has 0 aliphatic carbocycles. The van der Waals surface area contributed by atoms with Crippen molar-refractivity contribution in [1.82, 2.24) is 10.1 Å². The summed E-state index contributed by atoms with van der Waals surface area (Å²) in [7, 11) is 0. The summed E-state index contributed by atoms with van der Waals surface area (Å²) < 4.78 is 6.89. The number of hydrogen-bond donors (Lipinski definition) is 1. The third kappa shape index (κ3) is 3.80. The second kappa shape index (κ2) is 8.96. The summed E-state index contributed by atoms with van der Waals surface area (Å²) in [5.41, 5.74) is 2.12. The lowest BCUT2D eigenvalue weighted by molar-refractivity contribution is -0.763. The molecular formula is C23H23N4O4S+. The molecule has 0 bridgehead atoms. The third-order valence-electron chi connectivity index (χ3n) is 5.22. The maximum atomic E-state index is 13.1. The third-order valence-corrected chi connectivity index (χ3v) is 5.79. The van der Waals surface area contributed by atoms with Gasteiger partial charge in [0, 0.05) is 23.5 Å². The van der Waals surface area contributed by atoms with Crippen molar-refractivity contribution in [2.45, 2.75) is 38.0 Å². The van der Waals surface area contributed by atoms with Crippen LogP contribution < -0.4 is 19.9 Å². The van der Waals surface area contributed by atoms with Crippen LogP contribution in [0.15, 0.2) is 58.5 Å². The van der Waals surface area contributed by atoms with Gasteiger partial charge in [-0.05, 0) is 47.3 Å². The number of rotatable bonds is 5. The highest BCUT2D eigenvalue weighted by Gasteiger charge is 2.45. The van der Waals surface area contributed by atoms with Crippen molar-refractivity contribution in [1.29, 1.82) is 0 Å². The molecule has 0 radical (unpaired) electrons. The molecule has 164 valence electrons. The van der Waals surface area contributed by atoms with E-state index in [0.717, 1.165) is 5.56 Å². The molecule has 3 aromatic rings. The van der Waals surface area contributed by atoms with Gasteiger partial charge in [-0.3, -0.25) is 19.4 Å². The maximum Gasteiger partial charge on any atom is 0.325 e. The molecule has 0 saturated carbocycles. The predicted octanol–water partition coefficient (Wildman–Crippen LogP) is 3.07. The highest BCUT2D eigenvalue weighted by molar-refractivity contribution is 7.98. The van der Waals surface area contributed by atoms with Crippen molar-refractivity contribution in [2.24, 2.45) is 0 Å². The SMILES string of the molecule is CCC(=O)Oc1ccc([C@@H]2N(C(=O)CC)c3ccccc3-c3c(=O)[nH]c(SC)n[n+]32)cc1. The van der Waals surface area contributed by atoms with Gasteiger partial charge in [-0.25, -0.2) is 4.90 Å². The van der Waals surface area contributed by atoms with Crippen LogP contribution in [0.2, 0.25) is 0 Å². The highest BCUT2D eigenvalue weighted by Crippen LogP contribution is 2.37. The first kappa shape index (κ1) is 21.8. The van der Waals surface area contributed by atoms with Crippen LogP contribution in [0.25, 0.3) is 11.3 Å². The zero-order valence-electron chi connectivity index (χ0n) is 18.0. The minimum absolute atomic E-state index is 0.102. The number of hydrogen-bond acceptors (Lipinski definition) is 6. The first-order chi connectivity index (χ1) is 15.5. The number of esters is 1. The van der Waals surface area contributed by atoms with E-state index in [2.05, 4.69) is 10.1 Å². The van der Waals surface area contributed by atoms with E-state index in [9.17, 15) is 14.4 Å². The Morgan fingerprint density at radius 3 is 2.50 bits per heavy atom. The Morgan fingerprint density at radius 1 is 1.12 bits per heavy atom. The summed E-state index contributed by atoms with van der Waals surface area (Å²) in [6, 6.07) is 14.2. The van der Waals surface area contributed by atoms with Crippen LogP contribution in [0.1, 0.15) is 38.4 Å². The van der Waals surface area contributed by atoms with Gasteiger partial charge in [0.2, 0.25) is 11.1 Å². The number of carbonyl (C=O) groups is 2. The monoisotopic (exact) mass is 451 g/mol. The number of nitrogens with zero attached hydrogens (tertiary/aromatic N) is 3. The number of para-hydroxylation sites is 1. The number of benzene rings is 2. The summed E-state index contributed by atoms with van der Waals surface area (Å²) in [5.74, 6) is -0.0152. The molecule has 1 amide bonds. The summed E-state index contributed by atoms with van der Waals surface area (Å²) in [4.78, 5) is 42.3. The van der Waals surface area contributed by atoms with Gasteiger partial charge in [0.05, 0.1) is 11.3 Å². The Hall–Kier alpha value is -3.46. The second-order valence-electron chi connectivity index (χ2n) is 7.16. The van der Waals surface area contributed by atoms with Gasteiger partial charge in [-0.15, -0.1) is 0 Å². The molecule has 0 fully saturated rings. The zero-order valence-corrected chi connectivity index (χ0v) is 18.8. The van der Waals surface area contributed by atoms with Gasteiger partial charge in [-0.1, -0.05) is 37.7 Å². The van der Waals surface area contributed by atoms with Crippen LogP contribution in [0.3, 0.4) is 0 Å². The minimum Gasteiger partial charge on any atom is -0.427 e. The molecule has 32 heavy (non-hydrogen) atoms. The number of nitrogens with one attached hydrogen (secondary N) is 1. The van der Waals surface area contributed by atoms with E-state index in [1.165, 1.54) is 11.8 Å². The van der Waals surface area contributed by atoms with Gasteiger partial charge in [-0.2, -0.15) is 0 Å². The molecule has 0 unspecified atom stereocenters. The van der Waals surface area contributed by atoms with Crippen LogP contribution in [-0.2, 0) is 9.59 Å². The summed E-state index contributed by atoms with van der Waals surface area (Å²) in [5, 5.41) is 5.09. The number of amides is 1. The Morgan fingerprint density at radius 2 is 1.84 bits per heavy atom. The van der Waals surface area contributed by atoms with Crippen molar-refractivity contribution in [3.63, 3.8) is 0 Å². The minimum atomic E-state index is -0.670. The van der Waals surface area contributed by atoms with Gasteiger partial charge in [0.1, 0.15) is 5.75 Å². The fraction of sp³-hybridized carbons (Fsp3) is 0.261. The van der Waals surface area contributed by atoms with Gasteiger partial charge in [0.15, 0.2) is 0 Å². The number of fused-ring (bicyclic) bond motifs is 3. The molecule has 1 atom stereocenters. The lowest BCUT2D eigenvalue weighted by Crippen LogP contribution is -2.60. The molecule has 9 heteroatoms. The molecule has 1 aliphatic heterocycles. The number of aromatic nitrogens is 3. The van der Waals surface area contributed by atoms with E-state index >= 15 is 0 Å². The van der Waals surface area contributed by atoms with E-state index in [4.69, 9.17) is 4.74 Å². The number of carbonyl (C=O) groups excluding carboxylic acids is 2. The number of ether oxygens (including phenoxy) is 1. The predicted molar refractivity (Wildman–Crippen MR) is 121 cm³/mol.